The second kappa shape index (κ2) is 3.36. The first-order valence-electron chi connectivity index (χ1n) is 2.94. The summed E-state index contributed by atoms with van der Waals surface area (Å²) in [6.45, 7) is 0. The smallest absolute Gasteiger partial charge is 0.195 e. The topological polar surface area (TPSA) is 34.9 Å². The second-order valence-corrected chi connectivity index (χ2v) is 3.11. The largest absolute Gasteiger partial charge is 0.291 e. The van der Waals surface area contributed by atoms with Gasteiger partial charge in [0.15, 0.2) is 5.78 Å². The number of carbonyl (C=O) groups excluding carboxylic acids is 1. The average molecular weight is 237 g/mol. The lowest BCUT2D eigenvalue weighted by atomic mass is 10.3. The summed E-state index contributed by atoms with van der Waals surface area (Å²) in [6.07, 6.45) is 0. The normalized spacial score (nSPS) is 10.1. The summed E-state index contributed by atoms with van der Waals surface area (Å²) in [4.78, 5) is 11.0. The van der Waals surface area contributed by atoms with Crippen LogP contribution in [0.4, 0.5) is 0 Å². The zero-order valence-electron chi connectivity index (χ0n) is 5.84. The Hall–Kier alpha value is -0.350. The zero-order valence-corrected chi connectivity index (χ0v) is 8.18. The molecular weight excluding hydrogens is 231 g/mol. The van der Waals surface area contributed by atoms with Crippen LogP contribution in [-0.4, -0.2) is 21.4 Å². The first-order valence-corrected chi connectivity index (χ1v) is 4.26. The molecule has 0 saturated heterocycles. The van der Waals surface area contributed by atoms with E-state index in [1.54, 1.807) is 13.1 Å². The molecule has 11 heavy (non-hydrogen) atoms. The Morgan fingerprint density at radius 3 is 2.91 bits per heavy atom. The van der Waals surface area contributed by atoms with Crippen LogP contribution in [0.15, 0.2) is 10.7 Å². The van der Waals surface area contributed by atoms with Gasteiger partial charge in [-0.2, -0.15) is 5.10 Å². The highest BCUT2D eigenvalue weighted by Crippen LogP contribution is 2.10. The summed E-state index contributed by atoms with van der Waals surface area (Å²) in [6, 6.07) is 1.64. The van der Waals surface area contributed by atoms with Crippen molar-refractivity contribution in [3.63, 3.8) is 0 Å². The molecule has 0 spiro atoms. The van der Waals surface area contributed by atoms with E-state index >= 15 is 0 Å². The summed E-state index contributed by atoms with van der Waals surface area (Å²) in [5, 5.41) is 3.93. The SMILES string of the molecule is Cn1nc(Br)cc1C(=O)CCl. The van der Waals surface area contributed by atoms with Gasteiger partial charge < -0.3 is 0 Å². The van der Waals surface area contributed by atoms with E-state index < -0.39 is 0 Å². The van der Waals surface area contributed by atoms with E-state index in [4.69, 9.17) is 11.6 Å². The van der Waals surface area contributed by atoms with E-state index in [9.17, 15) is 4.79 Å². The molecule has 0 atom stereocenters. The van der Waals surface area contributed by atoms with Crippen molar-refractivity contribution in [3.8, 4) is 0 Å². The summed E-state index contributed by atoms with van der Waals surface area (Å²) in [5.74, 6) is -0.126. The number of ketones is 1. The average Bonchev–Trinajstić information content (AvgIpc) is 2.28. The third-order valence-electron chi connectivity index (χ3n) is 1.26. The number of Topliss-reactive ketones (excluding diaryl/α,β-unsaturated/α-hetero) is 1. The van der Waals surface area contributed by atoms with Crippen molar-refractivity contribution in [1.82, 2.24) is 9.78 Å². The summed E-state index contributed by atoms with van der Waals surface area (Å²) in [5.41, 5.74) is 0.520. The van der Waals surface area contributed by atoms with Gasteiger partial charge >= 0.3 is 0 Å². The van der Waals surface area contributed by atoms with Crippen LogP contribution in [-0.2, 0) is 7.05 Å². The lowest BCUT2D eigenvalue weighted by Crippen LogP contribution is -2.07. The predicted molar refractivity (Wildman–Crippen MR) is 46.0 cm³/mol. The highest BCUT2D eigenvalue weighted by Gasteiger charge is 2.09. The minimum atomic E-state index is -0.118. The fraction of sp³-hybridized carbons (Fsp3) is 0.333. The Labute approximate surface area is 77.5 Å². The Morgan fingerprint density at radius 2 is 2.55 bits per heavy atom. The third-order valence-corrected chi connectivity index (χ3v) is 1.89. The number of carbonyl (C=O) groups is 1. The minimum Gasteiger partial charge on any atom is -0.291 e. The fourth-order valence-electron chi connectivity index (χ4n) is 0.762. The molecule has 0 aliphatic carbocycles. The molecule has 0 aromatic carbocycles. The number of nitrogens with zero attached hydrogens (tertiary/aromatic N) is 2. The third kappa shape index (κ3) is 1.81. The first kappa shape index (κ1) is 8.74. The highest BCUT2D eigenvalue weighted by atomic mass is 79.9. The van der Waals surface area contributed by atoms with Gasteiger partial charge in [-0.3, -0.25) is 9.48 Å². The molecule has 3 nitrogen and oxygen atoms in total. The van der Waals surface area contributed by atoms with Crippen molar-refractivity contribution >= 4 is 33.3 Å². The number of aryl methyl sites for hydroxylation is 1. The van der Waals surface area contributed by atoms with Gasteiger partial charge in [-0.25, -0.2) is 0 Å². The van der Waals surface area contributed by atoms with E-state index in [2.05, 4.69) is 21.0 Å². The van der Waals surface area contributed by atoms with Crippen molar-refractivity contribution in [2.45, 2.75) is 0 Å². The molecule has 1 aromatic heterocycles. The van der Waals surface area contributed by atoms with Crippen LogP contribution >= 0.6 is 27.5 Å². The van der Waals surface area contributed by atoms with Gasteiger partial charge in [0.1, 0.15) is 10.3 Å². The molecule has 0 N–H and O–H groups in total. The molecule has 1 aromatic rings. The molecule has 5 heteroatoms. The molecule has 0 aliphatic rings. The van der Waals surface area contributed by atoms with E-state index in [1.807, 2.05) is 0 Å². The first-order chi connectivity index (χ1) is 5.15. The Bertz CT molecular complexity index is 284. The molecule has 1 rings (SSSR count). The maximum atomic E-state index is 11.0. The van der Waals surface area contributed by atoms with Crippen molar-refractivity contribution in [1.29, 1.82) is 0 Å². The van der Waals surface area contributed by atoms with E-state index in [0.717, 1.165) is 0 Å². The van der Waals surface area contributed by atoms with Gasteiger partial charge in [0.25, 0.3) is 0 Å². The van der Waals surface area contributed by atoms with Crippen LogP contribution in [0.5, 0.6) is 0 Å². The van der Waals surface area contributed by atoms with E-state index in [1.165, 1.54) is 4.68 Å². The number of hydrogen-bond donors (Lipinski definition) is 0. The monoisotopic (exact) mass is 236 g/mol. The predicted octanol–water partition coefficient (Wildman–Crippen LogP) is 1.60. The van der Waals surface area contributed by atoms with Crippen LogP contribution in [0, 0.1) is 0 Å². The molecule has 0 radical (unpaired) electrons. The van der Waals surface area contributed by atoms with Crippen LogP contribution < -0.4 is 0 Å². The van der Waals surface area contributed by atoms with Gasteiger partial charge in [0.2, 0.25) is 0 Å². The molecule has 0 bridgehead atoms. The Kier molecular flexibility index (Phi) is 2.67. The van der Waals surface area contributed by atoms with Gasteiger partial charge in [0.05, 0.1) is 5.88 Å². The summed E-state index contributed by atoms with van der Waals surface area (Å²) >= 11 is 8.51. The van der Waals surface area contributed by atoms with Crippen molar-refractivity contribution in [2.75, 3.05) is 5.88 Å². The van der Waals surface area contributed by atoms with Crippen LogP contribution in [0.25, 0.3) is 0 Å². The molecular formula is C6H6BrClN2O. The molecule has 0 unspecified atom stereocenters. The summed E-state index contributed by atoms with van der Waals surface area (Å²) < 4.78 is 2.14. The van der Waals surface area contributed by atoms with Crippen molar-refractivity contribution < 1.29 is 4.79 Å². The molecule has 0 aliphatic heterocycles. The standard InChI is InChI=1S/C6H6BrClN2O/c1-10-4(5(11)3-8)2-6(7)9-10/h2H,3H2,1H3. The number of hydrogen-bond acceptors (Lipinski definition) is 2. The Balaban J connectivity index is 3.03. The van der Waals surface area contributed by atoms with Crippen LogP contribution in [0.2, 0.25) is 0 Å². The lowest BCUT2D eigenvalue weighted by Gasteiger charge is -1.94. The number of rotatable bonds is 2. The van der Waals surface area contributed by atoms with Crippen molar-refractivity contribution in [2.24, 2.45) is 7.05 Å². The fourth-order valence-corrected chi connectivity index (χ4v) is 1.35. The van der Waals surface area contributed by atoms with Crippen molar-refractivity contribution in [3.05, 3.63) is 16.4 Å². The number of halogens is 2. The maximum Gasteiger partial charge on any atom is 0.195 e. The van der Waals surface area contributed by atoms with Gasteiger partial charge in [-0.15, -0.1) is 11.6 Å². The maximum absolute atomic E-state index is 11.0. The summed E-state index contributed by atoms with van der Waals surface area (Å²) in [7, 11) is 1.70. The molecule has 0 amide bonds. The highest BCUT2D eigenvalue weighted by molar-refractivity contribution is 9.10. The van der Waals surface area contributed by atoms with Gasteiger partial charge in [-0.1, -0.05) is 0 Å². The Morgan fingerprint density at radius 1 is 1.91 bits per heavy atom. The van der Waals surface area contributed by atoms with Gasteiger partial charge in [0, 0.05) is 13.1 Å². The number of aromatic nitrogens is 2. The van der Waals surface area contributed by atoms with Crippen LogP contribution in [0.1, 0.15) is 10.5 Å². The van der Waals surface area contributed by atoms with Crippen LogP contribution in [0.3, 0.4) is 0 Å². The quantitative estimate of drug-likeness (QED) is 0.578. The lowest BCUT2D eigenvalue weighted by molar-refractivity contribution is 0.101. The minimum absolute atomic E-state index is 0.00796. The number of alkyl halides is 1. The molecule has 1 heterocycles. The van der Waals surface area contributed by atoms with Gasteiger partial charge in [-0.05, 0) is 15.9 Å². The molecule has 0 fully saturated rings. The molecule has 0 saturated carbocycles. The molecule has 60 valence electrons. The van der Waals surface area contributed by atoms with E-state index in [-0.39, 0.29) is 11.7 Å². The zero-order chi connectivity index (χ0) is 8.43. The van der Waals surface area contributed by atoms with E-state index in [0.29, 0.717) is 10.3 Å². The second-order valence-electron chi connectivity index (χ2n) is 2.03.